The lowest BCUT2D eigenvalue weighted by atomic mass is 9.87. The van der Waals surface area contributed by atoms with Gasteiger partial charge in [0, 0.05) is 18.0 Å². The highest BCUT2D eigenvalue weighted by atomic mass is 32.2. The number of hydrogen-bond acceptors (Lipinski definition) is 6. The van der Waals surface area contributed by atoms with Crippen LogP contribution in [0.4, 0.5) is 5.69 Å². The number of aryl methyl sites for hydroxylation is 1. The number of carbonyl (C=O) groups excluding carboxylic acids is 2. The number of rotatable bonds is 6. The second-order valence-electron chi connectivity index (χ2n) is 6.74. The quantitative estimate of drug-likeness (QED) is 0.656. The summed E-state index contributed by atoms with van der Waals surface area (Å²) in [4.78, 5) is 24.6. The van der Waals surface area contributed by atoms with Crippen LogP contribution in [0, 0.1) is 18.3 Å². The molecule has 2 aromatic carbocycles. The molecule has 7 nitrogen and oxygen atoms in total. The molecule has 1 aliphatic heterocycles. The van der Waals surface area contributed by atoms with Gasteiger partial charge < -0.3 is 20.5 Å². The van der Waals surface area contributed by atoms with Crippen LogP contribution in [0.5, 0.6) is 11.5 Å². The highest BCUT2D eigenvalue weighted by molar-refractivity contribution is 8.03. The molecule has 0 unspecified atom stereocenters. The molecule has 1 heterocycles. The standard InChI is InChI=1S/C22H21N3O4S/c1-13-5-3-4-6-17(13)24-21(28)12-30-22-16(11-23)15(10-20(27)25-22)14-7-8-18(26)19(9-14)29-2/h3-9,15,26H,10,12H2,1-2H3,(H,24,28)(H,25,27)/t15-/m0/s1. The summed E-state index contributed by atoms with van der Waals surface area (Å²) in [6, 6.07) is 14.3. The number of amides is 2. The normalized spacial score (nSPS) is 15.9. The van der Waals surface area contributed by atoms with Gasteiger partial charge in [-0.15, -0.1) is 0 Å². The van der Waals surface area contributed by atoms with Crippen LogP contribution in [0.3, 0.4) is 0 Å². The van der Waals surface area contributed by atoms with Gasteiger partial charge in [0.2, 0.25) is 11.8 Å². The zero-order valence-corrected chi connectivity index (χ0v) is 17.4. The first kappa shape index (κ1) is 21.3. The third kappa shape index (κ3) is 4.75. The van der Waals surface area contributed by atoms with Crippen LogP contribution in [0.2, 0.25) is 0 Å². The Morgan fingerprint density at radius 3 is 2.83 bits per heavy atom. The Kier molecular flexibility index (Phi) is 6.65. The van der Waals surface area contributed by atoms with Crippen molar-refractivity contribution in [2.75, 3.05) is 18.2 Å². The number of aromatic hydroxyl groups is 1. The number of carbonyl (C=O) groups is 2. The van der Waals surface area contributed by atoms with Gasteiger partial charge >= 0.3 is 0 Å². The monoisotopic (exact) mass is 423 g/mol. The number of para-hydroxylation sites is 1. The summed E-state index contributed by atoms with van der Waals surface area (Å²) in [5, 5.41) is 25.5. The van der Waals surface area contributed by atoms with Crippen molar-refractivity contribution in [3.05, 3.63) is 64.2 Å². The third-order valence-electron chi connectivity index (χ3n) is 4.73. The molecule has 0 saturated carbocycles. The van der Waals surface area contributed by atoms with E-state index < -0.39 is 5.92 Å². The fourth-order valence-corrected chi connectivity index (χ4v) is 4.04. The van der Waals surface area contributed by atoms with E-state index in [9.17, 15) is 20.0 Å². The summed E-state index contributed by atoms with van der Waals surface area (Å²) < 4.78 is 5.14. The first-order valence-electron chi connectivity index (χ1n) is 9.22. The van der Waals surface area contributed by atoms with Gasteiger partial charge in [0.05, 0.1) is 29.5 Å². The van der Waals surface area contributed by atoms with Gasteiger partial charge in [-0.3, -0.25) is 9.59 Å². The van der Waals surface area contributed by atoms with E-state index in [1.165, 1.54) is 13.2 Å². The van der Waals surface area contributed by atoms with Crippen LogP contribution < -0.4 is 15.4 Å². The number of allylic oxidation sites excluding steroid dienone is 1. The number of anilines is 1. The van der Waals surface area contributed by atoms with Crippen molar-refractivity contribution in [2.24, 2.45) is 0 Å². The SMILES string of the molecule is COc1cc([C@@H]2CC(=O)NC(SCC(=O)Nc3ccccc3C)=C2C#N)ccc1O. The summed E-state index contributed by atoms with van der Waals surface area (Å²) in [5.74, 6) is -0.676. The largest absolute Gasteiger partial charge is 0.504 e. The van der Waals surface area contributed by atoms with E-state index in [1.54, 1.807) is 12.1 Å². The smallest absolute Gasteiger partial charge is 0.234 e. The van der Waals surface area contributed by atoms with Crippen molar-refractivity contribution < 1.29 is 19.4 Å². The van der Waals surface area contributed by atoms with E-state index in [0.717, 1.165) is 23.0 Å². The highest BCUT2D eigenvalue weighted by Gasteiger charge is 2.30. The first-order valence-corrected chi connectivity index (χ1v) is 10.2. The van der Waals surface area contributed by atoms with Gasteiger partial charge in [0.15, 0.2) is 11.5 Å². The molecule has 3 rings (SSSR count). The van der Waals surface area contributed by atoms with Gasteiger partial charge in [0.1, 0.15) is 0 Å². The molecule has 8 heteroatoms. The predicted octanol–water partition coefficient (Wildman–Crippen LogP) is 3.42. The van der Waals surface area contributed by atoms with E-state index in [2.05, 4.69) is 16.7 Å². The number of phenols is 1. The fourth-order valence-electron chi connectivity index (χ4n) is 3.17. The Labute approximate surface area is 178 Å². The molecule has 0 fully saturated rings. The minimum Gasteiger partial charge on any atom is -0.504 e. The molecule has 0 spiro atoms. The fraction of sp³-hybridized carbons (Fsp3) is 0.227. The van der Waals surface area contributed by atoms with Crippen molar-refractivity contribution in [1.82, 2.24) is 5.32 Å². The van der Waals surface area contributed by atoms with E-state index in [-0.39, 0.29) is 35.5 Å². The summed E-state index contributed by atoms with van der Waals surface area (Å²) in [7, 11) is 1.43. The highest BCUT2D eigenvalue weighted by Crippen LogP contribution is 2.38. The van der Waals surface area contributed by atoms with Crippen LogP contribution in [0.15, 0.2) is 53.1 Å². The summed E-state index contributed by atoms with van der Waals surface area (Å²) >= 11 is 1.11. The molecule has 0 aliphatic carbocycles. The second kappa shape index (κ2) is 9.37. The van der Waals surface area contributed by atoms with Crippen LogP contribution in [0.25, 0.3) is 0 Å². The van der Waals surface area contributed by atoms with Crippen molar-refractivity contribution in [3.63, 3.8) is 0 Å². The maximum Gasteiger partial charge on any atom is 0.234 e. The molecule has 2 aromatic rings. The third-order valence-corrected chi connectivity index (χ3v) is 5.75. The first-order chi connectivity index (χ1) is 14.4. The molecule has 3 N–H and O–H groups in total. The van der Waals surface area contributed by atoms with Crippen LogP contribution in [0.1, 0.15) is 23.5 Å². The molecule has 1 aliphatic rings. The van der Waals surface area contributed by atoms with E-state index in [0.29, 0.717) is 16.2 Å². The Morgan fingerprint density at radius 1 is 1.37 bits per heavy atom. The molecule has 0 saturated heterocycles. The summed E-state index contributed by atoms with van der Waals surface area (Å²) in [6.07, 6.45) is 0.0935. The molecule has 0 radical (unpaired) electrons. The van der Waals surface area contributed by atoms with Gasteiger partial charge in [-0.1, -0.05) is 36.0 Å². The molecular weight excluding hydrogens is 402 g/mol. The summed E-state index contributed by atoms with van der Waals surface area (Å²) in [5.41, 5.74) is 2.72. The zero-order valence-electron chi connectivity index (χ0n) is 16.6. The Morgan fingerprint density at radius 2 is 2.13 bits per heavy atom. The maximum atomic E-state index is 12.4. The van der Waals surface area contributed by atoms with E-state index in [1.807, 2.05) is 31.2 Å². The molecule has 1 atom stereocenters. The van der Waals surface area contributed by atoms with Gasteiger partial charge in [0.25, 0.3) is 0 Å². The van der Waals surface area contributed by atoms with Gasteiger partial charge in [-0.05, 0) is 36.2 Å². The van der Waals surface area contributed by atoms with Crippen LogP contribution in [-0.4, -0.2) is 29.8 Å². The average molecular weight is 423 g/mol. The number of hydrogen-bond donors (Lipinski definition) is 3. The van der Waals surface area contributed by atoms with Gasteiger partial charge in [-0.2, -0.15) is 5.26 Å². The number of methoxy groups -OCH3 is 1. The minimum absolute atomic E-state index is 0.0218. The Bertz CT molecular complexity index is 1060. The van der Waals surface area contributed by atoms with E-state index in [4.69, 9.17) is 4.74 Å². The number of nitriles is 1. The van der Waals surface area contributed by atoms with Crippen molar-refractivity contribution in [3.8, 4) is 17.6 Å². The Hall–Kier alpha value is -3.44. The van der Waals surface area contributed by atoms with Crippen LogP contribution >= 0.6 is 11.8 Å². The summed E-state index contributed by atoms with van der Waals surface area (Å²) in [6.45, 7) is 1.90. The number of benzene rings is 2. The Balaban J connectivity index is 1.80. The van der Waals surface area contributed by atoms with Crippen molar-refractivity contribution >= 4 is 29.3 Å². The zero-order chi connectivity index (χ0) is 21.7. The maximum absolute atomic E-state index is 12.4. The lowest BCUT2D eigenvalue weighted by Crippen LogP contribution is -2.31. The van der Waals surface area contributed by atoms with Crippen molar-refractivity contribution in [2.45, 2.75) is 19.3 Å². The van der Waals surface area contributed by atoms with Crippen molar-refractivity contribution in [1.29, 1.82) is 5.26 Å². The average Bonchev–Trinajstić information content (AvgIpc) is 2.74. The molecule has 2 amide bonds. The predicted molar refractivity (Wildman–Crippen MR) is 115 cm³/mol. The molecule has 154 valence electrons. The lowest BCUT2D eigenvalue weighted by molar-refractivity contribution is -0.121. The molecule has 30 heavy (non-hydrogen) atoms. The number of phenolic OH excluding ortho intramolecular Hbond substituents is 1. The second-order valence-corrected chi connectivity index (χ2v) is 7.73. The minimum atomic E-state index is -0.486. The number of thioether (sulfide) groups is 1. The molecular formula is C22H21N3O4S. The number of ether oxygens (including phenoxy) is 1. The van der Waals surface area contributed by atoms with Gasteiger partial charge in [-0.25, -0.2) is 0 Å². The molecule has 0 aromatic heterocycles. The number of nitrogens with zero attached hydrogens (tertiary/aromatic N) is 1. The number of nitrogens with one attached hydrogen (secondary N) is 2. The topological polar surface area (TPSA) is 111 Å². The van der Waals surface area contributed by atoms with Crippen LogP contribution in [-0.2, 0) is 9.59 Å². The molecule has 0 bridgehead atoms. The van der Waals surface area contributed by atoms with E-state index >= 15 is 0 Å². The lowest BCUT2D eigenvalue weighted by Gasteiger charge is -2.25.